The second-order valence-electron chi connectivity index (χ2n) is 5.60. The van der Waals surface area contributed by atoms with E-state index in [4.69, 9.17) is 5.73 Å². The summed E-state index contributed by atoms with van der Waals surface area (Å²) in [6.45, 7) is 3.13. The van der Waals surface area contributed by atoms with E-state index in [2.05, 4.69) is 10.3 Å². The fourth-order valence-electron chi connectivity index (χ4n) is 2.82. The molecule has 0 radical (unpaired) electrons. The Bertz CT molecular complexity index is 424. The normalized spacial score (nSPS) is 18.2. The SMILES string of the molecule is Cc1csc(CNC(=O)CC2(CN)CCCCC2)n1. The van der Waals surface area contributed by atoms with E-state index in [-0.39, 0.29) is 11.3 Å². The number of carbonyl (C=O) groups is 1. The maximum atomic E-state index is 12.1. The van der Waals surface area contributed by atoms with Gasteiger partial charge < -0.3 is 11.1 Å². The number of aromatic nitrogens is 1. The van der Waals surface area contributed by atoms with E-state index >= 15 is 0 Å². The van der Waals surface area contributed by atoms with Crippen molar-refractivity contribution in [3.05, 3.63) is 16.1 Å². The number of nitrogens with zero attached hydrogens (tertiary/aromatic N) is 1. The lowest BCUT2D eigenvalue weighted by atomic mass is 9.72. The van der Waals surface area contributed by atoms with Crippen molar-refractivity contribution in [2.24, 2.45) is 11.1 Å². The summed E-state index contributed by atoms with van der Waals surface area (Å²) in [7, 11) is 0. The molecule has 5 heteroatoms. The Morgan fingerprint density at radius 3 is 2.79 bits per heavy atom. The summed E-state index contributed by atoms with van der Waals surface area (Å²) < 4.78 is 0. The summed E-state index contributed by atoms with van der Waals surface area (Å²) in [5.74, 6) is 0.111. The van der Waals surface area contributed by atoms with Crippen LogP contribution in [0.1, 0.15) is 49.2 Å². The van der Waals surface area contributed by atoms with Crippen LogP contribution in [0.3, 0.4) is 0 Å². The molecule has 1 fully saturated rings. The van der Waals surface area contributed by atoms with Crippen LogP contribution < -0.4 is 11.1 Å². The number of carbonyl (C=O) groups excluding carboxylic acids is 1. The zero-order chi connectivity index (χ0) is 13.7. The van der Waals surface area contributed by atoms with Crippen molar-refractivity contribution in [3.8, 4) is 0 Å². The smallest absolute Gasteiger partial charge is 0.220 e. The lowest BCUT2D eigenvalue weighted by Gasteiger charge is -2.35. The molecule has 0 bridgehead atoms. The summed E-state index contributed by atoms with van der Waals surface area (Å²) in [6.07, 6.45) is 6.43. The Hall–Kier alpha value is -0.940. The molecule has 0 spiro atoms. The molecular weight excluding hydrogens is 258 g/mol. The third-order valence-corrected chi connectivity index (χ3v) is 4.95. The molecule has 0 aromatic carbocycles. The van der Waals surface area contributed by atoms with Crippen molar-refractivity contribution >= 4 is 17.2 Å². The Kier molecular flexibility index (Phi) is 4.93. The van der Waals surface area contributed by atoms with Crippen LogP contribution >= 0.6 is 11.3 Å². The second kappa shape index (κ2) is 6.48. The van der Waals surface area contributed by atoms with Gasteiger partial charge in [0.25, 0.3) is 0 Å². The molecule has 2 rings (SSSR count). The van der Waals surface area contributed by atoms with E-state index in [1.807, 2.05) is 12.3 Å². The molecule has 0 saturated heterocycles. The molecular formula is C14H23N3OS. The number of rotatable bonds is 5. The fourth-order valence-corrected chi connectivity index (χ4v) is 3.53. The topological polar surface area (TPSA) is 68.0 Å². The molecule has 19 heavy (non-hydrogen) atoms. The molecule has 1 heterocycles. The number of nitrogens with one attached hydrogen (secondary N) is 1. The lowest BCUT2D eigenvalue weighted by molar-refractivity contribution is -0.124. The Balaban J connectivity index is 1.82. The first-order chi connectivity index (χ1) is 9.13. The van der Waals surface area contributed by atoms with Crippen LogP contribution in [0.15, 0.2) is 5.38 Å². The molecule has 1 aliphatic carbocycles. The van der Waals surface area contributed by atoms with Gasteiger partial charge in [-0.15, -0.1) is 11.3 Å². The summed E-state index contributed by atoms with van der Waals surface area (Å²) >= 11 is 1.59. The molecule has 0 unspecified atom stereocenters. The highest BCUT2D eigenvalue weighted by Gasteiger charge is 2.32. The van der Waals surface area contributed by atoms with Gasteiger partial charge in [0.15, 0.2) is 0 Å². The molecule has 1 amide bonds. The van der Waals surface area contributed by atoms with Crippen LogP contribution in [0.5, 0.6) is 0 Å². The van der Waals surface area contributed by atoms with Gasteiger partial charge in [-0.3, -0.25) is 4.79 Å². The van der Waals surface area contributed by atoms with Gasteiger partial charge in [-0.1, -0.05) is 19.3 Å². The van der Waals surface area contributed by atoms with Gasteiger partial charge >= 0.3 is 0 Å². The minimum atomic E-state index is 0.0428. The van der Waals surface area contributed by atoms with Gasteiger partial charge in [0.1, 0.15) is 5.01 Å². The molecule has 1 aliphatic rings. The Labute approximate surface area is 118 Å². The molecule has 4 nitrogen and oxygen atoms in total. The van der Waals surface area contributed by atoms with Crippen LogP contribution in [0.4, 0.5) is 0 Å². The van der Waals surface area contributed by atoms with Gasteiger partial charge in [-0.2, -0.15) is 0 Å². The summed E-state index contributed by atoms with van der Waals surface area (Å²) in [4.78, 5) is 16.4. The highest BCUT2D eigenvalue weighted by atomic mass is 32.1. The van der Waals surface area contributed by atoms with E-state index in [1.54, 1.807) is 11.3 Å². The average Bonchev–Trinajstić information content (AvgIpc) is 2.83. The maximum Gasteiger partial charge on any atom is 0.220 e. The number of thiazole rings is 1. The van der Waals surface area contributed by atoms with Crippen molar-refractivity contribution in [2.45, 2.75) is 52.0 Å². The van der Waals surface area contributed by atoms with Gasteiger partial charge in [0.2, 0.25) is 5.91 Å². The van der Waals surface area contributed by atoms with E-state index in [0.717, 1.165) is 23.5 Å². The van der Waals surface area contributed by atoms with E-state index in [1.165, 1.54) is 19.3 Å². The van der Waals surface area contributed by atoms with Crippen molar-refractivity contribution < 1.29 is 4.79 Å². The van der Waals surface area contributed by atoms with Crippen LogP contribution in [-0.4, -0.2) is 17.4 Å². The standard InChI is InChI=1S/C14H23N3OS/c1-11-9-19-13(17-11)8-16-12(18)7-14(10-15)5-3-2-4-6-14/h9H,2-8,10,15H2,1H3,(H,16,18). The number of hydrogen-bond donors (Lipinski definition) is 2. The number of hydrogen-bond acceptors (Lipinski definition) is 4. The van der Waals surface area contributed by atoms with E-state index in [0.29, 0.717) is 19.5 Å². The first kappa shape index (κ1) is 14.5. The monoisotopic (exact) mass is 281 g/mol. The number of aryl methyl sites for hydroxylation is 1. The molecule has 0 aliphatic heterocycles. The third kappa shape index (κ3) is 4.01. The third-order valence-electron chi connectivity index (χ3n) is 3.99. The minimum Gasteiger partial charge on any atom is -0.350 e. The largest absolute Gasteiger partial charge is 0.350 e. The predicted molar refractivity (Wildman–Crippen MR) is 77.9 cm³/mol. The zero-order valence-electron chi connectivity index (χ0n) is 11.6. The molecule has 3 N–H and O–H groups in total. The van der Waals surface area contributed by atoms with Gasteiger partial charge in [0, 0.05) is 17.5 Å². The number of amides is 1. The first-order valence-electron chi connectivity index (χ1n) is 7.01. The summed E-state index contributed by atoms with van der Waals surface area (Å²) in [5, 5.41) is 5.94. The van der Waals surface area contributed by atoms with E-state index < -0.39 is 0 Å². The van der Waals surface area contributed by atoms with Gasteiger partial charge in [-0.25, -0.2) is 4.98 Å². The van der Waals surface area contributed by atoms with E-state index in [9.17, 15) is 4.79 Å². The molecule has 1 aromatic heterocycles. The molecule has 0 atom stereocenters. The second-order valence-corrected chi connectivity index (χ2v) is 6.54. The lowest BCUT2D eigenvalue weighted by Crippen LogP contribution is -2.38. The highest BCUT2D eigenvalue weighted by Crippen LogP contribution is 2.38. The summed E-state index contributed by atoms with van der Waals surface area (Å²) in [5.41, 5.74) is 6.96. The van der Waals surface area contributed by atoms with Gasteiger partial charge in [-0.05, 0) is 31.7 Å². The van der Waals surface area contributed by atoms with Crippen LogP contribution in [0.25, 0.3) is 0 Å². The van der Waals surface area contributed by atoms with Crippen LogP contribution in [0.2, 0.25) is 0 Å². The molecule has 1 aromatic rings. The zero-order valence-corrected chi connectivity index (χ0v) is 12.4. The molecule has 1 saturated carbocycles. The van der Waals surface area contributed by atoms with Crippen molar-refractivity contribution in [1.82, 2.24) is 10.3 Å². The van der Waals surface area contributed by atoms with Crippen LogP contribution in [0, 0.1) is 12.3 Å². The number of nitrogens with two attached hydrogens (primary N) is 1. The fraction of sp³-hybridized carbons (Fsp3) is 0.714. The quantitative estimate of drug-likeness (QED) is 0.870. The Morgan fingerprint density at radius 1 is 1.47 bits per heavy atom. The van der Waals surface area contributed by atoms with Gasteiger partial charge in [0.05, 0.1) is 6.54 Å². The first-order valence-corrected chi connectivity index (χ1v) is 7.89. The minimum absolute atomic E-state index is 0.0428. The van der Waals surface area contributed by atoms with Crippen LogP contribution in [-0.2, 0) is 11.3 Å². The highest BCUT2D eigenvalue weighted by molar-refractivity contribution is 7.09. The summed E-state index contributed by atoms with van der Waals surface area (Å²) in [6, 6.07) is 0. The maximum absolute atomic E-state index is 12.1. The average molecular weight is 281 g/mol. The predicted octanol–water partition coefficient (Wildman–Crippen LogP) is 2.37. The Morgan fingerprint density at radius 2 is 2.21 bits per heavy atom. The molecule has 106 valence electrons. The van der Waals surface area contributed by atoms with Crippen molar-refractivity contribution in [2.75, 3.05) is 6.54 Å². The van der Waals surface area contributed by atoms with Crippen molar-refractivity contribution in [3.63, 3.8) is 0 Å². The van der Waals surface area contributed by atoms with Crippen molar-refractivity contribution in [1.29, 1.82) is 0 Å².